The van der Waals surface area contributed by atoms with Gasteiger partial charge in [-0.25, -0.2) is 4.79 Å². The maximum atomic E-state index is 10.6. The van der Waals surface area contributed by atoms with Gasteiger partial charge in [-0.1, -0.05) is 19.1 Å². The number of aromatic carboxylic acids is 1. The van der Waals surface area contributed by atoms with E-state index in [2.05, 4.69) is 12.2 Å². The molecule has 0 fully saturated rings. The molecule has 0 spiro atoms. The van der Waals surface area contributed by atoms with Gasteiger partial charge in [-0.2, -0.15) is 0 Å². The molecule has 0 amide bonds. The van der Waals surface area contributed by atoms with Crippen molar-refractivity contribution in [2.45, 2.75) is 19.9 Å². The van der Waals surface area contributed by atoms with Gasteiger partial charge in [-0.3, -0.25) is 0 Å². The number of benzene rings is 1. The van der Waals surface area contributed by atoms with E-state index in [1.807, 2.05) is 12.1 Å². The Kier molecular flexibility index (Phi) is 5.66. The summed E-state index contributed by atoms with van der Waals surface area (Å²) in [5.74, 6) is -0.459. The van der Waals surface area contributed by atoms with Crippen molar-refractivity contribution in [1.82, 2.24) is 5.32 Å². The molecule has 94 valence electrons. The van der Waals surface area contributed by atoms with Crippen LogP contribution in [0.15, 0.2) is 24.3 Å². The maximum absolute atomic E-state index is 10.6. The number of aliphatic hydroxyl groups excluding tert-OH is 1. The van der Waals surface area contributed by atoms with Gasteiger partial charge in [-0.05, 0) is 36.6 Å². The fourth-order valence-electron chi connectivity index (χ4n) is 1.55. The number of carboxylic acid groups (broad SMARTS) is 1. The third kappa shape index (κ3) is 4.97. The zero-order valence-electron chi connectivity index (χ0n) is 10.0. The van der Waals surface area contributed by atoms with Crippen LogP contribution in [0.3, 0.4) is 0 Å². The average molecular weight is 237 g/mol. The summed E-state index contributed by atoms with van der Waals surface area (Å²) in [6, 6.07) is 6.84. The molecule has 1 aromatic carbocycles. The first kappa shape index (κ1) is 13.7. The van der Waals surface area contributed by atoms with Gasteiger partial charge in [0, 0.05) is 13.2 Å². The molecular weight excluding hydrogens is 218 g/mol. The smallest absolute Gasteiger partial charge is 0.335 e. The fraction of sp³-hybridized carbons (Fsp3) is 0.462. The first-order valence-corrected chi connectivity index (χ1v) is 5.77. The van der Waals surface area contributed by atoms with Crippen LogP contribution in [-0.2, 0) is 6.54 Å². The molecule has 1 unspecified atom stereocenters. The number of carboxylic acids is 1. The van der Waals surface area contributed by atoms with Crippen LogP contribution in [0.1, 0.15) is 29.3 Å². The average Bonchev–Trinajstić information content (AvgIpc) is 2.30. The predicted octanol–water partition coefficient (Wildman–Crippen LogP) is 1.49. The van der Waals surface area contributed by atoms with Gasteiger partial charge in [0.25, 0.3) is 0 Å². The van der Waals surface area contributed by atoms with Crippen LogP contribution < -0.4 is 5.32 Å². The molecule has 4 heteroatoms. The molecule has 0 aliphatic carbocycles. The maximum Gasteiger partial charge on any atom is 0.335 e. The van der Waals surface area contributed by atoms with E-state index in [4.69, 9.17) is 10.2 Å². The molecule has 3 N–H and O–H groups in total. The van der Waals surface area contributed by atoms with Crippen LogP contribution in [-0.4, -0.2) is 29.3 Å². The number of rotatable bonds is 7. The highest BCUT2D eigenvalue weighted by atomic mass is 16.4. The summed E-state index contributed by atoms with van der Waals surface area (Å²) >= 11 is 0. The number of hydrogen-bond acceptors (Lipinski definition) is 3. The van der Waals surface area contributed by atoms with Crippen LogP contribution >= 0.6 is 0 Å². The molecule has 0 heterocycles. The Morgan fingerprint density at radius 3 is 2.53 bits per heavy atom. The number of carbonyl (C=O) groups is 1. The quantitative estimate of drug-likeness (QED) is 0.672. The van der Waals surface area contributed by atoms with Gasteiger partial charge < -0.3 is 15.5 Å². The second-order valence-corrected chi connectivity index (χ2v) is 4.25. The summed E-state index contributed by atoms with van der Waals surface area (Å²) < 4.78 is 0. The van der Waals surface area contributed by atoms with Gasteiger partial charge >= 0.3 is 5.97 Å². The summed E-state index contributed by atoms with van der Waals surface area (Å²) in [7, 11) is 0. The Morgan fingerprint density at radius 1 is 1.35 bits per heavy atom. The molecule has 0 bridgehead atoms. The summed E-state index contributed by atoms with van der Waals surface area (Å²) in [5.41, 5.74) is 1.37. The molecule has 17 heavy (non-hydrogen) atoms. The Bertz CT molecular complexity index is 348. The third-order valence-corrected chi connectivity index (χ3v) is 2.64. The summed E-state index contributed by atoms with van der Waals surface area (Å²) in [4.78, 5) is 10.6. The normalized spacial score (nSPS) is 12.4. The van der Waals surface area contributed by atoms with Crippen LogP contribution in [0.4, 0.5) is 0 Å². The molecule has 0 saturated heterocycles. The molecule has 1 aromatic rings. The first-order chi connectivity index (χ1) is 8.13. The van der Waals surface area contributed by atoms with E-state index in [0.29, 0.717) is 11.5 Å². The predicted molar refractivity (Wildman–Crippen MR) is 66.0 cm³/mol. The van der Waals surface area contributed by atoms with E-state index in [9.17, 15) is 4.79 Å². The highest BCUT2D eigenvalue weighted by molar-refractivity contribution is 5.87. The minimum absolute atomic E-state index is 0.218. The standard InChI is InChI=1S/C13H19NO3/c1-10(6-7-15)8-14-9-11-2-4-12(5-3-11)13(16)17/h2-5,10,14-15H,6-9H2,1H3,(H,16,17). The highest BCUT2D eigenvalue weighted by Crippen LogP contribution is 2.05. The summed E-state index contributed by atoms with van der Waals surface area (Å²) in [5, 5.41) is 20.8. The molecule has 0 aliphatic heterocycles. The van der Waals surface area contributed by atoms with Crippen LogP contribution in [0.5, 0.6) is 0 Å². The van der Waals surface area contributed by atoms with Gasteiger partial charge in [-0.15, -0.1) is 0 Å². The minimum Gasteiger partial charge on any atom is -0.478 e. The monoisotopic (exact) mass is 237 g/mol. The Hall–Kier alpha value is -1.39. The molecule has 0 saturated carbocycles. The lowest BCUT2D eigenvalue weighted by atomic mass is 10.1. The number of hydrogen-bond donors (Lipinski definition) is 3. The molecule has 1 rings (SSSR count). The fourth-order valence-corrected chi connectivity index (χ4v) is 1.55. The molecule has 0 aliphatic rings. The molecule has 1 atom stereocenters. The Balaban J connectivity index is 2.34. The SMILES string of the molecule is CC(CCO)CNCc1ccc(C(=O)O)cc1. The van der Waals surface area contributed by atoms with Crippen molar-refractivity contribution >= 4 is 5.97 Å². The van der Waals surface area contributed by atoms with E-state index in [1.54, 1.807) is 12.1 Å². The number of aliphatic hydroxyl groups is 1. The number of nitrogens with one attached hydrogen (secondary N) is 1. The first-order valence-electron chi connectivity index (χ1n) is 5.77. The molecule has 0 radical (unpaired) electrons. The van der Waals surface area contributed by atoms with Crippen molar-refractivity contribution in [1.29, 1.82) is 0 Å². The zero-order valence-corrected chi connectivity index (χ0v) is 10.0. The van der Waals surface area contributed by atoms with Crippen LogP contribution in [0, 0.1) is 5.92 Å². The zero-order chi connectivity index (χ0) is 12.7. The van der Waals surface area contributed by atoms with Gasteiger partial charge in [0.2, 0.25) is 0 Å². The van der Waals surface area contributed by atoms with Crippen molar-refractivity contribution in [3.8, 4) is 0 Å². The largest absolute Gasteiger partial charge is 0.478 e. The lowest BCUT2D eigenvalue weighted by molar-refractivity contribution is 0.0697. The van der Waals surface area contributed by atoms with Crippen molar-refractivity contribution in [3.05, 3.63) is 35.4 Å². The second kappa shape index (κ2) is 7.04. The van der Waals surface area contributed by atoms with Crippen molar-refractivity contribution in [2.24, 2.45) is 5.92 Å². The van der Waals surface area contributed by atoms with Crippen molar-refractivity contribution < 1.29 is 15.0 Å². The van der Waals surface area contributed by atoms with Gasteiger partial charge in [0.05, 0.1) is 5.56 Å². The Morgan fingerprint density at radius 2 is 2.00 bits per heavy atom. The minimum atomic E-state index is -0.902. The van der Waals surface area contributed by atoms with E-state index in [0.717, 1.165) is 25.1 Å². The van der Waals surface area contributed by atoms with Crippen molar-refractivity contribution in [3.63, 3.8) is 0 Å². The molecule has 0 aromatic heterocycles. The summed E-state index contributed by atoms with van der Waals surface area (Å²) in [6.07, 6.45) is 0.797. The summed E-state index contributed by atoms with van der Waals surface area (Å²) in [6.45, 7) is 3.86. The topological polar surface area (TPSA) is 69.6 Å². The second-order valence-electron chi connectivity index (χ2n) is 4.25. The van der Waals surface area contributed by atoms with Crippen molar-refractivity contribution in [2.75, 3.05) is 13.2 Å². The molecule has 4 nitrogen and oxygen atoms in total. The highest BCUT2D eigenvalue weighted by Gasteiger charge is 2.03. The van der Waals surface area contributed by atoms with Crippen LogP contribution in [0.2, 0.25) is 0 Å². The van der Waals surface area contributed by atoms with Gasteiger partial charge in [0.1, 0.15) is 0 Å². The van der Waals surface area contributed by atoms with Crippen LogP contribution in [0.25, 0.3) is 0 Å². The lowest BCUT2D eigenvalue weighted by Gasteiger charge is -2.11. The third-order valence-electron chi connectivity index (χ3n) is 2.64. The molecular formula is C13H19NO3. The van der Waals surface area contributed by atoms with E-state index < -0.39 is 5.97 Å². The van der Waals surface area contributed by atoms with E-state index in [1.165, 1.54) is 0 Å². The lowest BCUT2D eigenvalue weighted by Crippen LogP contribution is -2.21. The van der Waals surface area contributed by atoms with E-state index in [-0.39, 0.29) is 6.61 Å². The van der Waals surface area contributed by atoms with Gasteiger partial charge in [0.15, 0.2) is 0 Å². The van der Waals surface area contributed by atoms with E-state index >= 15 is 0 Å². The Labute approximate surface area is 101 Å².